The summed E-state index contributed by atoms with van der Waals surface area (Å²) >= 11 is 0. The van der Waals surface area contributed by atoms with Gasteiger partial charge in [-0.2, -0.15) is 0 Å². The van der Waals surface area contributed by atoms with Crippen molar-refractivity contribution in [3.05, 3.63) is 0 Å². The van der Waals surface area contributed by atoms with Crippen molar-refractivity contribution in [2.75, 3.05) is 20.6 Å². The average molecular weight is 194 g/mol. The number of halogens is 1. The molecule has 12 heavy (non-hydrogen) atoms. The van der Waals surface area contributed by atoms with Gasteiger partial charge >= 0.3 is 5.97 Å². The Morgan fingerprint density at radius 2 is 2.08 bits per heavy atom. The van der Waals surface area contributed by atoms with Crippen LogP contribution in [0.25, 0.3) is 0 Å². The molecule has 1 aliphatic rings. The molecule has 1 aliphatic carbocycles. The van der Waals surface area contributed by atoms with E-state index < -0.39 is 5.97 Å². The Kier molecular flexibility index (Phi) is 4.57. The van der Waals surface area contributed by atoms with Crippen LogP contribution in [-0.2, 0) is 4.79 Å². The van der Waals surface area contributed by atoms with Crippen LogP contribution in [0.1, 0.15) is 12.8 Å². The van der Waals surface area contributed by atoms with Crippen LogP contribution in [0.2, 0.25) is 0 Å². The van der Waals surface area contributed by atoms with Crippen LogP contribution >= 0.6 is 12.4 Å². The molecule has 1 rings (SSSR count). The van der Waals surface area contributed by atoms with Crippen molar-refractivity contribution in [2.24, 2.45) is 11.8 Å². The summed E-state index contributed by atoms with van der Waals surface area (Å²) in [7, 11) is 4.05. The molecule has 3 nitrogen and oxygen atoms in total. The number of nitrogens with zero attached hydrogens (tertiary/aromatic N) is 1. The third kappa shape index (κ3) is 3.93. The summed E-state index contributed by atoms with van der Waals surface area (Å²) < 4.78 is 0. The predicted molar refractivity (Wildman–Crippen MR) is 49.7 cm³/mol. The molecule has 0 aromatic heterocycles. The van der Waals surface area contributed by atoms with Crippen LogP contribution in [0.4, 0.5) is 0 Å². The first-order chi connectivity index (χ1) is 5.09. The van der Waals surface area contributed by atoms with E-state index in [4.69, 9.17) is 5.11 Å². The van der Waals surface area contributed by atoms with Gasteiger partial charge in [0.25, 0.3) is 0 Å². The van der Waals surface area contributed by atoms with Gasteiger partial charge in [-0.25, -0.2) is 0 Å². The largest absolute Gasteiger partial charge is 0.481 e. The highest BCUT2D eigenvalue weighted by molar-refractivity contribution is 5.85. The first kappa shape index (κ1) is 11.7. The summed E-state index contributed by atoms with van der Waals surface area (Å²) in [5, 5.41) is 8.46. The van der Waals surface area contributed by atoms with E-state index in [0.717, 1.165) is 13.0 Å². The normalized spacial score (nSPS) is 26.6. The first-order valence-electron chi connectivity index (χ1n) is 3.96. The van der Waals surface area contributed by atoms with Crippen LogP contribution in [0, 0.1) is 11.8 Å². The Balaban J connectivity index is 0.00000121. The minimum absolute atomic E-state index is 0. The van der Waals surface area contributed by atoms with Gasteiger partial charge < -0.3 is 10.0 Å². The van der Waals surface area contributed by atoms with Gasteiger partial charge in [-0.15, -0.1) is 12.4 Å². The Hall–Kier alpha value is -0.280. The molecule has 0 saturated heterocycles. The molecule has 1 fully saturated rings. The second-order valence-electron chi connectivity index (χ2n) is 3.62. The van der Waals surface area contributed by atoms with Gasteiger partial charge in [-0.05, 0) is 32.4 Å². The van der Waals surface area contributed by atoms with Crippen molar-refractivity contribution >= 4 is 18.4 Å². The molecular formula is C8H16ClNO2. The molecule has 0 bridgehead atoms. The van der Waals surface area contributed by atoms with Gasteiger partial charge in [0.15, 0.2) is 0 Å². The Morgan fingerprint density at radius 1 is 1.50 bits per heavy atom. The van der Waals surface area contributed by atoms with Gasteiger partial charge in [0.2, 0.25) is 0 Å². The van der Waals surface area contributed by atoms with Gasteiger partial charge in [0, 0.05) is 13.0 Å². The lowest BCUT2D eigenvalue weighted by atomic mass is 10.2. The molecule has 72 valence electrons. The number of carboxylic acids is 1. The summed E-state index contributed by atoms with van der Waals surface area (Å²) in [5.41, 5.74) is 0. The first-order valence-corrected chi connectivity index (χ1v) is 3.96. The SMILES string of the molecule is CN(C)C[C@@H]1C[C@H]1CC(=O)O.Cl. The fraction of sp³-hybridized carbons (Fsp3) is 0.875. The van der Waals surface area contributed by atoms with E-state index in [1.54, 1.807) is 0 Å². The fourth-order valence-electron chi connectivity index (χ4n) is 1.48. The summed E-state index contributed by atoms with van der Waals surface area (Å²) in [6.07, 6.45) is 1.46. The summed E-state index contributed by atoms with van der Waals surface area (Å²) in [6, 6.07) is 0. The standard InChI is InChI=1S/C8H15NO2.ClH/c1-9(2)5-7-3-6(7)4-8(10)11;/h6-7H,3-5H2,1-2H3,(H,10,11);1H/t6-,7-;/m0./s1. The summed E-state index contributed by atoms with van der Waals surface area (Å²) in [5.74, 6) is 0.437. The fourth-order valence-corrected chi connectivity index (χ4v) is 1.48. The Labute approximate surface area is 79.2 Å². The van der Waals surface area contributed by atoms with E-state index in [-0.39, 0.29) is 12.4 Å². The molecule has 4 heteroatoms. The van der Waals surface area contributed by atoms with E-state index in [0.29, 0.717) is 18.3 Å². The molecule has 0 aromatic rings. The maximum Gasteiger partial charge on any atom is 0.303 e. The highest BCUT2D eigenvalue weighted by Gasteiger charge is 2.38. The molecule has 0 spiro atoms. The number of aliphatic carboxylic acids is 1. The predicted octanol–water partition coefficient (Wildman–Crippen LogP) is 1.08. The summed E-state index contributed by atoms with van der Waals surface area (Å²) in [6.45, 7) is 1.04. The number of rotatable bonds is 4. The molecular weight excluding hydrogens is 178 g/mol. The summed E-state index contributed by atoms with van der Waals surface area (Å²) in [4.78, 5) is 12.4. The van der Waals surface area contributed by atoms with Crippen LogP contribution in [0.5, 0.6) is 0 Å². The lowest BCUT2D eigenvalue weighted by molar-refractivity contribution is -0.137. The zero-order valence-electron chi connectivity index (χ0n) is 7.49. The van der Waals surface area contributed by atoms with Crippen molar-refractivity contribution in [3.8, 4) is 0 Å². The smallest absolute Gasteiger partial charge is 0.303 e. The van der Waals surface area contributed by atoms with E-state index in [1.165, 1.54) is 0 Å². The van der Waals surface area contributed by atoms with E-state index in [9.17, 15) is 4.79 Å². The number of carboxylic acid groups (broad SMARTS) is 1. The second-order valence-corrected chi connectivity index (χ2v) is 3.62. The molecule has 0 amide bonds. The highest BCUT2D eigenvalue weighted by atomic mass is 35.5. The highest BCUT2D eigenvalue weighted by Crippen LogP contribution is 2.41. The van der Waals surface area contributed by atoms with Crippen molar-refractivity contribution in [2.45, 2.75) is 12.8 Å². The van der Waals surface area contributed by atoms with E-state index in [2.05, 4.69) is 4.90 Å². The number of hydrogen-bond acceptors (Lipinski definition) is 2. The van der Waals surface area contributed by atoms with Crippen LogP contribution in [-0.4, -0.2) is 36.6 Å². The van der Waals surface area contributed by atoms with Crippen molar-refractivity contribution in [1.29, 1.82) is 0 Å². The Morgan fingerprint density at radius 3 is 2.50 bits per heavy atom. The van der Waals surface area contributed by atoms with Crippen molar-refractivity contribution in [1.82, 2.24) is 4.90 Å². The lowest BCUT2D eigenvalue weighted by Gasteiger charge is -2.07. The number of carbonyl (C=O) groups is 1. The molecule has 0 aromatic carbocycles. The van der Waals surface area contributed by atoms with Gasteiger partial charge in [0.1, 0.15) is 0 Å². The van der Waals surface area contributed by atoms with Gasteiger partial charge in [-0.1, -0.05) is 0 Å². The molecule has 0 aliphatic heterocycles. The lowest BCUT2D eigenvalue weighted by Crippen LogP contribution is -2.15. The van der Waals surface area contributed by atoms with Gasteiger partial charge in [-0.3, -0.25) is 4.79 Å². The third-order valence-corrected chi connectivity index (χ3v) is 2.11. The van der Waals surface area contributed by atoms with Crippen LogP contribution < -0.4 is 0 Å². The molecule has 1 N–H and O–H groups in total. The minimum atomic E-state index is -0.656. The second kappa shape index (κ2) is 4.67. The monoisotopic (exact) mass is 193 g/mol. The molecule has 2 atom stereocenters. The quantitative estimate of drug-likeness (QED) is 0.727. The molecule has 0 unspecified atom stereocenters. The van der Waals surface area contributed by atoms with E-state index >= 15 is 0 Å². The number of hydrogen-bond donors (Lipinski definition) is 1. The molecule has 0 heterocycles. The maximum absolute atomic E-state index is 10.3. The van der Waals surface area contributed by atoms with Crippen LogP contribution in [0.3, 0.4) is 0 Å². The van der Waals surface area contributed by atoms with Crippen LogP contribution in [0.15, 0.2) is 0 Å². The molecule has 1 saturated carbocycles. The average Bonchev–Trinajstić information content (AvgIpc) is 2.43. The van der Waals surface area contributed by atoms with Crippen molar-refractivity contribution < 1.29 is 9.90 Å². The zero-order chi connectivity index (χ0) is 8.43. The topological polar surface area (TPSA) is 40.5 Å². The molecule has 0 radical (unpaired) electrons. The Bertz CT molecular complexity index is 161. The third-order valence-electron chi connectivity index (χ3n) is 2.11. The van der Waals surface area contributed by atoms with Crippen molar-refractivity contribution in [3.63, 3.8) is 0 Å². The zero-order valence-corrected chi connectivity index (χ0v) is 8.30. The minimum Gasteiger partial charge on any atom is -0.481 e. The van der Waals surface area contributed by atoms with E-state index in [1.807, 2.05) is 14.1 Å². The maximum atomic E-state index is 10.3. The van der Waals surface area contributed by atoms with Gasteiger partial charge in [0.05, 0.1) is 0 Å².